The molecule has 0 fully saturated rings. The van der Waals surface area contributed by atoms with E-state index in [-0.39, 0.29) is 31.3 Å². The average Bonchev–Trinajstić information content (AvgIpc) is 2.87. The normalized spacial score (nSPS) is 14.0. The van der Waals surface area contributed by atoms with Crippen molar-refractivity contribution in [2.45, 2.75) is 63.7 Å². The molecule has 0 unspecified atom stereocenters. The number of nitrogens with two attached hydrogens (primary N) is 4. The van der Waals surface area contributed by atoms with E-state index in [9.17, 15) is 19.2 Å². The van der Waals surface area contributed by atoms with Gasteiger partial charge in [-0.25, -0.2) is 0 Å². The van der Waals surface area contributed by atoms with E-state index in [1.165, 1.54) is 11.8 Å². The first-order chi connectivity index (χ1) is 18.0. The quantitative estimate of drug-likeness (QED) is 0.0719. The number of amides is 4. The highest BCUT2D eigenvalue weighted by atomic mass is 32.2. The van der Waals surface area contributed by atoms with E-state index < -0.39 is 47.8 Å². The molecule has 212 valence electrons. The molecule has 38 heavy (non-hydrogen) atoms. The van der Waals surface area contributed by atoms with Crippen molar-refractivity contribution >= 4 is 41.4 Å². The van der Waals surface area contributed by atoms with Gasteiger partial charge in [-0.1, -0.05) is 44.2 Å². The highest BCUT2D eigenvalue weighted by molar-refractivity contribution is 7.98. The van der Waals surface area contributed by atoms with Crippen molar-refractivity contribution in [3.05, 3.63) is 35.9 Å². The second kappa shape index (κ2) is 17.2. The zero-order chi connectivity index (χ0) is 28.7. The van der Waals surface area contributed by atoms with Gasteiger partial charge in [0.2, 0.25) is 23.6 Å². The van der Waals surface area contributed by atoms with Gasteiger partial charge in [-0.3, -0.25) is 24.2 Å². The minimum Gasteiger partial charge on any atom is -0.370 e. The largest absolute Gasteiger partial charge is 0.370 e. The number of rotatable bonds is 17. The summed E-state index contributed by atoms with van der Waals surface area (Å²) in [5.74, 6) is -1.90. The smallest absolute Gasteiger partial charge is 0.243 e. The van der Waals surface area contributed by atoms with E-state index in [0.29, 0.717) is 18.6 Å². The Morgan fingerprint density at radius 2 is 1.42 bits per heavy atom. The lowest BCUT2D eigenvalue weighted by molar-refractivity contribution is -0.133. The summed E-state index contributed by atoms with van der Waals surface area (Å²) in [4.78, 5) is 55.0. The van der Waals surface area contributed by atoms with Crippen LogP contribution in [0.2, 0.25) is 0 Å². The van der Waals surface area contributed by atoms with E-state index in [1.807, 2.05) is 50.4 Å². The Labute approximate surface area is 228 Å². The molecule has 12 nitrogen and oxygen atoms in total. The molecule has 4 atom stereocenters. The molecule has 1 rings (SSSR count). The fourth-order valence-corrected chi connectivity index (χ4v) is 3.94. The first-order valence-electron chi connectivity index (χ1n) is 12.5. The van der Waals surface area contributed by atoms with Gasteiger partial charge in [-0.05, 0) is 42.8 Å². The number of hydrogen-bond acceptors (Lipinski definition) is 7. The molecule has 0 radical (unpaired) electrons. The average molecular weight is 551 g/mol. The molecule has 11 N–H and O–H groups in total. The summed E-state index contributed by atoms with van der Waals surface area (Å²) < 4.78 is 0. The fraction of sp³-hybridized carbons (Fsp3) is 0.560. The molecule has 0 bridgehead atoms. The van der Waals surface area contributed by atoms with Crippen LogP contribution in [0.3, 0.4) is 0 Å². The highest BCUT2D eigenvalue weighted by Gasteiger charge is 2.30. The summed E-state index contributed by atoms with van der Waals surface area (Å²) in [5, 5.41) is 8.07. The molecule has 13 heteroatoms. The molecular weight excluding hydrogens is 508 g/mol. The van der Waals surface area contributed by atoms with Crippen LogP contribution >= 0.6 is 11.8 Å². The molecule has 0 spiro atoms. The molecule has 0 aromatic heterocycles. The van der Waals surface area contributed by atoms with E-state index in [1.54, 1.807) is 0 Å². The van der Waals surface area contributed by atoms with E-state index >= 15 is 0 Å². The van der Waals surface area contributed by atoms with Gasteiger partial charge in [0.15, 0.2) is 5.96 Å². The van der Waals surface area contributed by atoms with Crippen LogP contribution in [0.25, 0.3) is 0 Å². The monoisotopic (exact) mass is 550 g/mol. The van der Waals surface area contributed by atoms with Crippen LogP contribution in [-0.4, -0.2) is 72.3 Å². The van der Waals surface area contributed by atoms with Crippen LogP contribution in [-0.2, 0) is 25.6 Å². The van der Waals surface area contributed by atoms with Crippen LogP contribution < -0.4 is 38.9 Å². The third-order valence-corrected chi connectivity index (χ3v) is 6.43. The SMILES string of the molecule is CSCC[C@H](NC(=O)[C@@H](N)C(C)C)C(=O)N[C@@H](CCCN=C(N)N)C(=O)N[C@@H](Cc1ccccc1)C(N)=O. The third-order valence-electron chi connectivity index (χ3n) is 5.79. The van der Waals surface area contributed by atoms with Gasteiger partial charge in [0, 0.05) is 13.0 Å². The summed E-state index contributed by atoms with van der Waals surface area (Å²) in [6, 6.07) is 5.40. The van der Waals surface area contributed by atoms with Crippen molar-refractivity contribution in [1.29, 1.82) is 0 Å². The van der Waals surface area contributed by atoms with Crippen LogP contribution in [0.15, 0.2) is 35.3 Å². The highest BCUT2D eigenvalue weighted by Crippen LogP contribution is 2.08. The van der Waals surface area contributed by atoms with E-state index in [4.69, 9.17) is 22.9 Å². The maximum absolute atomic E-state index is 13.2. The number of thioether (sulfide) groups is 1. The maximum atomic E-state index is 13.2. The number of aliphatic imine (C=N–C) groups is 1. The van der Waals surface area contributed by atoms with Crippen molar-refractivity contribution in [1.82, 2.24) is 16.0 Å². The van der Waals surface area contributed by atoms with Gasteiger partial charge >= 0.3 is 0 Å². The molecule has 1 aromatic carbocycles. The first kappa shape index (κ1) is 32.7. The Hall–Kier alpha value is -3.32. The zero-order valence-electron chi connectivity index (χ0n) is 22.3. The van der Waals surface area contributed by atoms with E-state index in [0.717, 1.165) is 5.56 Å². The zero-order valence-corrected chi connectivity index (χ0v) is 23.1. The Morgan fingerprint density at radius 1 is 0.868 bits per heavy atom. The summed E-state index contributed by atoms with van der Waals surface area (Å²) in [6.45, 7) is 3.85. The van der Waals surface area contributed by atoms with Crippen molar-refractivity contribution < 1.29 is 19.2 Å². The second-order valence-electron chi connectivity index (χ2n) is 9.28. The molecule has 1 aromatic rings. The number of hydrogen-bond donors (Lipinski definition) is 7. The summed E-state index contributed by atoms with van der Waals surface area (Å²) in [7, 11) is 0. The topological polar surface area (TPSA) is 221 Å². The molecule has 0 aliphatic heterocycles. The molecule has 0 heterocycles. The van der Waals surface area contributed by atoms with Gasteiger partial charge in [-0.15, -0.1) is 0 Å². The van der Waals surface area contributed by atoms with Crippen molar-refractivity contribution in [2.75, 3.05) is 18.6 Å². The van der Waals surface area contributed by atoms with Gasteiger partial charge in [0.05, 0.1) is 6.04 Å². The van der Waals surface area contributed by atoms with Crippen LogP contribution in [0.5, 0.6) is 0 Å². The lowest BCUT2D eigenvalue weighted by Crippen LogP contribution is -2.58. The van der Waals surface area contributed by atoms with Crippen LogP contribution in [0.1, 0.15) is 38.7 Å². The van der Waals surface area contributed by atoms with Gasteiger partial charge in [0.25, 0.3) is 0 Å². The number of benzene rings is 1. The Kier molecular flexibility index (Phi) is 14.8. The predicted octanol–water partition coefficient (Wildman–Crippen LogP) is -1.04. The second-order valence-corrected chi connectivity index (χ2v) is 10.3. The van der Waals surface area contributed by atoms with Crippen molar-refractivity contribution in [3.63, 3.8) is 0 Å². The molecule has 4 amide bonds. The Morgan fingerprint density at radius 3 is 1.95 bits per heavy atom. The van der Waals surface area contributed by atoms with Gasteiger partial charge in [-0.2, -0.15) is 11.8 Å². The first-order valence-corrected chi connectivity index (χ1v) is 13.9. The minimum absolute atomic E-state index is 0.0898. The Bertz CT molecular complexity index is 941. The van der Waals surface area contributed by atoms with Gasteiger partial charge in [0.1, 0.15) is 18.1 Å². The predicted molar refractivity (Wildman–Crippen MR) is 151 cm³/mol. The molecule has 0 aliphatic carbocycles. The summed E-state index contributed by atoms with van der Waals surface area (Å²) in [6.07, 6.45) is 2.96. The standard InChI is InChI=1S/C25H42N8O4S/c1-15(2)20(26)24(37)32-18(11-13-38-3)23(36)31-17(10-7-12-30-25(28)29)22(35)33-19(21(27)34)14-16-8-5-4-6-9-16/h4-6,8-9,15,17-20H,7,10-14,26H2,1-3H3,(H2,27,34)(H,31,36)(H,32,37)(H,33,35)(H4,28,29,30)/t17-,18-,19-,20-/m0/s1. The lowest BCUT2D eigenvalue weighted by Gasteiger charge is -2.26. The number of carbonyl (C=O) groups excluding carboxylic acids is 4. The van der Waals surface area contributed by atoms with Crippen LogP contribution in [0.4, 0.5) is 0 Å². The maximum Gasteiger partial charge on any atom is 0.243 e. The molecule has 0 aliphatic rings. The number of nitrogens with zero attached hydrogens (tertiary/aromatic N) is 1. The number of primary amides is 1. The minimum atomic E-state index is -1.03. The van der Waals surface area contributed by atoms with Crippen molar-refractivity contribution in [3.8, 4) is 0 Å². The fourth-order valence-electron chi connectivity index (χ4n) is 3.46. The molecule has 0 saturated heterocycles. The van der Waals surface area contributed by atoms with Crippen molar-refractivity contribution in [2.24, 2.45) is 33.8 Å². The summed E-state index contributed by atoms with van der Waals surface area (Å²) >= 11 is 1.51. The Balaban J connectivity index is 3.06. The number of guanidine groups is 1. The lowest BCUT2D eigenvalue weighted by atomic mass is 10.0. The molecule has 0 saturated carbocycles. The van der Waals surface area contributed by atoms with Crippen LogP contribution in [0, 0.1) is 5.92 Å². The number of carbonyl (C=O) groups is 4. The number of nitrogens with one attached hydrogen (secondary N) is 3. The molecular formula is C25H42N8O4S. The van der Waals surface area contributed by atoms with Gasteiger partial charge < -0.3 is 38.9 Å². The third kappa shape index (κ3) is 12.3. The summed E-state index contributed by atoms with van der Waals surface area (Å²) in [5.41, 5.74) is 23.1. The van der Waals surface area contributed by atoms with E-state index in [2.05, 4.69) is 20.9 Å².